The summed E-state index contributed by atoms with van der Waals surface area (Å²) in [5.74, 6) is 1.92. The van der Waals surface area contributed by atoms with Crippen LogP contribution in [0.1, 0.15) is 11.4 Å². The molecule has 11 rings (SSSR count). The molecule has 55 heavy (non-hydrogen) atoms. The molecule has 258 valence electrons. The van der Waals surface area contributed by atoms with E-state index in [0.29, 0.717) is 23.9 Å². The molecule has 0 saturated heterocycles. The van der Waals surface area contributed by atoms with Crippen LogP contribution < -0.4 is 0 Å². The summed E-state index contributed by atoms with van der Waals surface area (Å²) >= 11 is 0. The smallest absolute Gasteiger partial charge is 0.163 e. The standard InChI is InChI=1S/C49H31N5O/c1-2-12-33(13-3-1)48-51-46(52-49(53-48)34-23-21-32(22-24-34)36-18-10-14-31-11-4-5-15-35(31)36)29-40-43(25-26-44-47(40)39-27-28-50-30-45(39)55-44)54-41-19-8-6-16-37(41)38-17-7-9-20-42(38)54/h1-28,30H,29H2. The lowest BCUT2D eigenvalue weighted by Crippen LogP contribution is -2.07. The number of rotatable bonds is 6. The third-order valence-electron chi connectivity index (χ3n) is 10.6. The van der Waals surface area contributed by atoms with Crippen molar-refractivity contribution >= 4 is 54.5 Å². The molecule has 0 spiro atoms. The molecule has 0 atom stereocenters. The second-order valence-electron chi connectivity index (χ2n) is 13.8. The first kappa shape index (κ1) is 31.1. The molecule has 0 fully saturated rings. The number of pyridine rings is 1. The predicted molar refractivity (Wildman–Crippen MR) is 222 cm³/mol. The predicted octanol–water partition coefficient (Wildman–Crippen LogP) is 12.0. The first-order valence-electron chi connectivity index (χ1n) is 18.4. The summed E-state index contributed by atoms with van der Waals surface area (Å²) in [4.78, 5) is 19.8. The fraction of sp³-hybridized carbons (Fsp3) is 0.0204. The third kappa shape index (κ3) is 5.18. The molecule has 0 unspecified atom stereocenters. The molecule has 0 aliphatic carbocycles. The van der Waals surface area contributed by atoms with Crippen LogP contribution in [-0.4, -0.2) is 24.5 Å². The van der Waals surface area contributed by atoms with Gasteiger partial charge in [-0.3, -0.25) is 4.98 Å². The summed E-state index contributed by atoms with van der Waals surface area (Å²) < 4.78 is 8.78. The Morgan fingerprint density at radius 1 is 0.473 bits per heavy atom. The van der Waals surface area contributed by atoms with Crippen LogP contribution in [0.5, 0.6) is 0 Å². The monoisotopic (exact) mass is 705 g/mol. The SMILES string of the molecule is c1ccc(-c2nc(Cc3c(-n4c5ccccc5c5ccccc54)ccc4oc5cnccc5c34)nc(-c3ccc(-c4cccc5ccccc45)cc3)n2)cc1. The number of furan rings is 1. The van der Waals surface area contributed by atoms with Gasteiger partial charge in [-0.15, -0.1) is 0 Å². The van der Waals surface area contributed by atoms with E-state index in [2.05, 4.69) is 137 Å². The number of para-hydroxylation sites is 2. The van der Waals surface area contributed by atoms with Crippen LogP contribution >= 0.6 is 0 Å². The molecule has 6 nitrogen and oxygen atoms in total. The second kappa shape index (κ2) is 12.6. The van der Waals surface area contributed by atoms with Gasteiger partial charge in [0.25, 0.3) is 0 Å². The Balaban J connectivity index is 1.12. The van der Waals surface area contributed by atoms with Crippen molar-refractivity contribution in [3.05, 3.63) is 188 Å². The number of hydrogen-bond donors (Lipinski definition) is 0. The number of benzene rings is 7. The minimum atomic E-state index is 0.438. The lowest BCUT2D eigenvalue weighted by molar-refractivity contribution is 0.666. The lowest BCUT2D eigenvalue weighted by atomic mass is 9.97. The van der Waals surface area contributed by atoms with Gasteiger partial charge in [-0.2, -0.15) is 0 Å². The third-order valence-corrected chi connectivity index (χ3v) is 10.6. The highest BCUT2D eigenvalue weighted by Crippen LogP contribution is 2.39. The normalized spacial score (nSPS) is 11.7. The fourth-order valence-electron chi connectivity index (χ4n) is 8.13. The molecule has 0 amide bonds. The van der Waals surface area contributed by atoms with Gasteiger partial charge in [-0.05, 0) is 57.8 Å². The zero-order valence-corrected chi connectivity index (χ0v) is 29.6. The Bertz CT molecular complexity index is 3180. The first-order valence-corrected chi connectivity index (χ1v) is 18.4. The Hall–Kier alpha value is -7.44. The van der Waals surface area contributed by atoms with E-state index in [4.69, 9.17) is 19.4 Å². The molecule has 0 saturated carbocycles. The Labute approximate surface area is 316 Å². The van der Waals surface area contributed by atoms with E-state index in [1.54, 1.807) is 6.20 Å². The molecule has 4 aromatic heterocycles. The maximum absolute atomic E-state index is 6.41. The maximum atomic E-state index is 6.41. The number of nitrogens with zero attached hydrogens (tertiary/aromatic N) is 5. The average Bonchev–Trinajstić information content (AvgIpc) is 3.80. The van der Waals surface area contributed by atoms with Gasteiger partial charge in [-0.1, -0.05) is 133 Å². The van der Waals surface area contributed by atoms with Gasteiger partial charge in [0.15, 0.2) is 17.2 Å². The number of hydrogen-bond acceptors (Lipinski definition) is 5. The molecule has 11 aromatic rings. The van der Waals surface area contributed by atoms with E-state index in [1.165, 1.54) is 27.1 Å². The highest BCUT2D eigenvalue weighted by molar-refractivity contribution is 6.11. The lowest BCUT2D eigenvalue weighted by Gasteiger charge is -2.15. The van der Waals surface area contributed by atoms with Crippen LogP contribution in [-0.2, 0) is 6.42 Å². The van der Waals surface area contributed by atoms with Gasteiger partial charge in [0.1, 0.15) is 11.4 Å². The van der Waals surface area contributed by atoms with Crippen molar-refractivity contribution in [2.75, 3.05) is 0 Å². The zero-order valence-electron chi connectivity index (χ0n) is 29.6. The summed E-state index contributed by atoms with van der Waals surface area (Å²) in [5, 5.41) is 6.87. The van der Waals surface area contributed by atoms with E-state index in [-0.39, 0.29) is 0 Å². The topological polar surface area (TPSA) is 69.6 Å². The van der Waals surface area contributed by atoms with Crippen molar-refractivity contribution < 1.29 is 4.42 Å². The van der Waals surface area contributed by atoms with Crippen LogP contribution in [0.4, 0.5) is 0 Å². The van der Waals surface area contributed by atoms with Crippen LogP contribution in [0, 0.1) is 0 Å². The molecule has 0 N–H and O–H groups in total. The number of fused-ring (bicyclic) bond motifs is 7. The molecule has 0 aliphatic heterocycles. The summed E-state index contributed by atoms with van der Waals surface area (Å²) in [5.41, 5.74) is 10.1. The van der Waals surface area contributed by atoms with E-state index in [9.17, 15) is 0 Å². The Kier molecular flexibility index (Phi) is 7.13. The van der Waals surface area contributed by atoms with Crippen molar-refractivity contribution in [3.63, 3.8) is 0 Å². The van der Waals surface area contributed by atoms with E-state index in [0.717, 1.165) is 60.9 Å². The van der Waals surface area contributed by atoms with Crippen molar-refractivity contribution in [3.8, 4) is 39.6 Å². The molecule has 0 radical (unpaired) electrons. The van der Waals surface area contributed by atoms with Crippen molar-refractivity contribution in [2.45, 2.75) is 6.42 Å². The van der Waals surface area contributed by atoms with Crippen LogP contribution in [0.2, 0.25) is 0 Å². The maximum Gasteiger partial charge on any atom is 0.163 e. The fourth-order valence-corrected chi connectivity index (χ4v) is 8.13. The van der Waals surface area contributed by atoms with Crippen molar-refractivity contribution in [1.82, 2.24) is 24.5 Å². The van der Waals surface area contributed by atoms with Gasteiger partial charge in [0.05, 0.1) is 22.9 Å². The molecule has 7 aromatic carbocycles. The van der Waals surface area contributed by atoms with Gasteiger partial charge in [0.2, 0.25) is 0 Å². The molecule has 0 aliphatic rings. The minimum absolute atomic E-state index is 0.438. The molecule has 0 bridgehead atoms. The molecule has 4 heterocycles. The van der Waals surface area contributed by atoms with Crippen LogP contribution in [0.25, 0.3) is 94.1 Å². The number of aromatic nitrogens is 5. The summed E-state index contributed by atoms with van der Waals surface area (Å²) in [7, 11) is 0. The second-order valence-corrected chi connectivity index (χ2v) is 13.8. The van der Waals surface area contributed by atoms with E-state index < -0.39 is 0 Å². The van der Waals surface area contributed by atoms with Crippen LogP contribution in [0.3, 0.4) is 0 Å². The van der Waals surface area contributed by atoms with E-state index in [1.807, 2.05) is 42.6 Å². The van der Waals surface area contributed by atoms with Gasteiger partial charge < -0.3 is 8.98 Å². The average molecular weight is 706 g/mol. The van der Waals surface area contributed by atoms with E-state index >= 15 is 0 Å². The molecule has 6 heteroatoms. The van der Waals surface area contributed by atoms with Gasteiger partial charge >= 0.3 is 0 Å². The summed E-state index contributed by atoms with van der Waals surface area (Å²) in [6.07, 6.45) is 4.05. The van der Waals surface area contributed by atoms with Crippen molar-refractivity contribution in [2.24, 2.45) is 0 Å². The molecular weight excluding hydrogens is 675 g/mol. The van der Waals surface area contributed by atoms with Gasteiger partial charge in [0, 0.05) is 45.3 Å². The highest BCUT2D eigenvalue weighted by atomic mass is 16.3. The van der Waals surface area contributed by atoms with Gasteiger partial charge in [-0.25, -0.2) is 15.0 Å². The molecular formula is C49H31N5O. The largest absolute Gasteiger partial charge is 0.454 e. The van der Waals surface area contributed by atoms with Crippen molar-refractivity contribution in [1.29, 1.82) is 0 Å². The highest BCUT2D eigenvalue weighted by Gasteiger charge is 2.22. The first-order chi connectivity index (χ1) is 27.3. The van der Waals surface area contributed by atoms with Crippen LogP contribution in [0.15, 0.2) is 181 Å². The minimum Gasteiger partial charge on any atom is -0.454 e. The quantitative estimate of drug-likeness (QED) is 0.172. The Morgan fingerprint density at radius 3 is 1.87 bits per heavy atom. The summed E-state index contributed by atoms with van der Waals surface area (Å²) in [6, 6.07) is 57.1. The zero-order chi connectivity index (χ0) is 36.3. The Morgan fingerprint density at radius 2 is 1.11 bits per heavy atom. The summed E-state index contributed by atoms with van der Waals surface area (Å²) in [6.45, 7) is 0.